The summed E-state index contributed by atoms with van der Waals surface area (Å²) in [6, 6.07) is 4.97. The van der Waals surface area contributed by atoms with E-state index in [-0.39, 0.29) is 18.3 Å². The number of aryl methyl sites for hydroxylation is 1. The van der Waals surface area contributed by atoms with Crippen molar-refractivity contribution < 1.29 is 19.1 Å². The number of amides is 1. The van der Waals surface area contributed by atoms with Gasteiger partial charge in [-0.2, -0.15) is 0 Å². The Balaban J connectivity index is 1.38. The molecule has 4 rings (SSSR count). The number of thiophene rings is 1. The molecule has 3 aromatic rings. The highest BCUT2D eigenvalue weighted by atomic mass is 35.5. The Morgan fingerprint density at radius 1 is 1.24 bits per heavy atom. The number of ether oxygens (including phenoxy) is 2. The first kappa shape index (κ1) is 24.8. The quantitative estimate of drug-likeness (QED) is 0.311. The summed E-state index contributed by atoms with van der Waals surface area (Å²) < 4.78 is 12.4. The number of carbonyl (C=O) groups excluding carboxylic acids is 2. The van der Waals surface area contributed by atoms with Crippen molar-refractivity contribution in [2.24, 2.45) is 7.05 Å². The van der Waals surface area contributed by atoms with Gasteiger partial charge in [0.2, 0.25) is 5.91 Å². The van der Waals surface area contributed by atoms with Crippen LogP contribution in [-0.4, -0.2) is 39.5 Å². The first-order valence-corrected chi connectivity index (χ1v) is 13.0. The largest absolute Gasteiger partial charge is 0.484 e. The van der Waals surface area contributed by atoms with Crippen molar-refractivity contribution in [2.75, 3.05) is 18.2 Å². The Bertz CT molecular complexity index is 1230. The molecule has 0 aliphatic heterocycles. The van der Waals surface area contributed by atoms with E-state index in [2.05, 4.69) is 15.5 Å². The number of benzene rings is 1. The van der Waals surface area contributed by atoms with E-state index < -0.39 is 5.97 Å². The number of hydrogen-bond acceptors (Lipinski definition) is 8. The zero-order valence-corrected chi connectivity index (χ0v) is 21.7. The van der Waals surface area contributed by atoms with E-state index >= 15 is 0 Å². The summed E-state index contributed by atoms with van der Waals surface area (Å²) in [6.45, 7) is 0.138. The molecule has 2 heterocycles. The number of esters is 1. The van der Waals surface area contributed by atoms with Crippen molar-refractivity contribution in [3.05, 3.63) is 50.1 Å². The summed E-state index contributed by atoms with van der Waals surface area (Å²) in [4.78, 5) is 26.2. The van der Waals surface area contributed by atoms with Crippen molar-refractivity contribution in [3.63, 3.8) is 0 Å². The van der Waals surface area contributed by atoms with Crippen molar-refractivity contribution in [1.29, 1.82) is 0 Å². The minimum Gasteiger partial charge on any atom is -0.484 e. The van der Waals surface area contributed by atoms with E-state index in [9.17, 15) is 9.59 Å². The summed E-state index contributed by atoms with van der Waals surface area (Å²) in [7, 11) is 3.15. The fraction of sp³-hybridized carbons (Fsp3) is 0.364. The monoisotopic (exact) mass is 540 g/mol. The van der Waals surface area contributed by atoms with Crippen LogP contribution < -0.4 is 10.1 Å². The van der Waals surface area contributed by atoms with Gasteiger partial charge in [-0.3, -0.25) is 4.79 Å². The molecule has 1 aliphatic rings. The summed E-state index contributed by atoms with van der Waals surface area (Å²) in [5.74, 6) is 0.472. The lowest BCUT2D eigenvalue weighted by Gasteiger charge is -2.11. The zero-order valence-electron chi connectivity index (χ0n) is 18.5. The van der Waals surface area contributed by atoms with Gasteiger partial charge < -0.3 is 19.4 Å². The van der Waals surface area contributed by atoms with Gasteiger partial charge in [-0.05, 0) is 43.4 Å². The van der Waals surface area contributed by atoms with E-state index in [0.717, 1.165) is 36.1 Å². The number of fused-ring (bicyclic) bond motifs is 1. The fourth-order valence-electron chi connectivity index (χ4n) is 3.59. The minimum absolute atomic E-state index is 0.107. The van der Waals surface area contributed by atoms with E-state index in [1.165, 1.54) is 30.2 Å². The molecule has 0 saturated heterocycles. The third kappa shape index (κ3) is 5.51. The van der Waals surface area contributed by atoms with Crippen molar-refractivity contribution in [3.8, 4) is 5.75 Å². The van der Waals surface area contributed by atoms with Gasteiger partial charge >= 0.3 is 5.97 Å². The highest BCUT2D eigenvalue weighted by Crippen LogP contribution is 2.38. The van der Waals surface area contributed by atoms with Crippen LogP contribution in [0.2, 0.25) is 10.0 Å². The van der Waals surface area contributed by atoms with Gasteiger partial charge in [-0.1, -0.05) is 35.0 Å². The first-order chi connectivity index (χ1) is 16.4. The molecule has 12 heteroatoms. The molecule has 0 bridgehead atoms. The molecule has 0 atom stereocenters. The smallest absolute Gasteiger partial charge is 0.341 e. The number of anilines is 1. The van der Waals surface area contributed by atoms with Crippen molar-refractivity contribution >= 4 is 63.2 Å². The number of carbonyl (C=O) groups is 2. The predicted octanol–water partition coefficient (Wildman–Crippen LogP) is 5.16. The van der Waals surface area contributed by atoms with Crippen LogP contribution >= 0.6 is 46.3 Å². The normalized spacial score (nSPS) is 12.8. The standard InChI is InChI=1S/C22H22Cl2N4O4S2/c1-28-17(10-32-15-9-12(23)7-8-14(15)24)26-27-22(28)33-11-18(29)25-20-19(21(30)31-2)13-5-3-4-6-16(13)34-20/h7-9H,3-6,10-11H2,1-2H3,(H,25,29). The maximum atomic E-state index is 12.7. The zero-order chi connectivity index (χ0) is 24.2. The summed E-state index contributed by atoms with van der Waals surface area (Å²) in [6.07, 6.45) is 3.85. The van der Waals surface area contributed by atoms with Crippen LogP contribution in [0.4, 0.5) is 5.00 Å². The van der Waals surface area contributed by atoms with Crippen LogP contribution in [0.1, 0.15) is 39.5 Å². The molecule has 34 heavy (non-hydrogen) atoms. The fourth-order valence-corrected chi connectivity index (χ4v) is 5.95. The van der Waals surface area contributed by atoms with Gasteiger partial charge in [0, 0.05) is 23.0 Å². The Hall–Kier alpha value is -2.27. The molecule has 1 N–H and O–H groups in total. The second-order valence-corrected chi connectivity index (χ2v) is 10.5. The SMILES string of the molecule is COC(=O)c1c(NC(=O)CSc2nnc(COc3cc(Cl)ccc3Cl)n2C)sc2c1CCCC2. The lowest BCUT2D eigenvalue weighted by atomic mass is 9.95. The molecule has 0 spiro atoms. The average Bonchev–Trinajstić information content (AvgIpc) is 3.37. The van der Waals surface area contributed by atoms with Crippen LogP contribution in [0.25, 0.3) is 0 Å². The molecule has 180 valence electrons. The average molecular weight is 541 g/mol. The van der Waals surface area contributed by atoms with E-state index in [4.69, 9.17) is 32.7 Å². The number of methoxy groups -OCH3 is 1. The number of hydrogen-bond donors (Lipinski definition) is 1. The van der Waals surface area contributed by atoms with Gasteiger partial charge in [0.1, 0.15) is 17.4 Å². The Kier molecular flexibility index (Phi) is 8.02. The molecule has 0 saturated carbocycles. The van der Waals surface area contributed by atoms with Crippen LogP contribution in [0.5, 0.6) is 5.75 Å². The molecule has 2 aromatic heterocycles. The number of rotatable bonds is 8. The second-order valence-electron chi connectivity index (χ2n) is 7.56. The van der Waals surface area contributed by atoms with E-state index in [1.807, 2.05) is 0 Å². The van der Waals surface area contributed by atoms with Crippen molar-refractivity contribution in [1.82, 2.24) is 14.8 Å². The molecule has 1 aliphatic carbocycles. The van der Waals surface area contributed by atoms with Crippen LogP contribution in [-0.2, 0) is 36.0 Å². The molecule has 0 unspecified atom stereocenters. The molecule has 0 radical (unpaired) electrons. The molecule has 0 fully saturated rings. The highest BCUT2D eigenvalue weighted by molar-refractivity contribution is 7.99. The summed E-state index contributed by atoms with van der Waals surface area (Å²) >= 11 is 14.8. The number of aromatic nitrogens is 3. The van der Waals surface area contributed by atoms with Gasteiger partial charge in [0.15, 0.2) is 11.0 Å². The minimum atomic E-state index is -0.417. The first-order valence-electron chi connectivity index (χ1n) is 10.5. The number of nitrogens with zero attached hydrogens (tertiary/aromatic N) is 3. The molecule has 1 aromatic carbocycles. The van der Waals surface area contributed by atoms with Gasteiger partial charge in [-0.15, -0.1) is 21.5 Å². The number of halogens is 2. The lowest BCUT2D eigenvalue weighted by Crippen LogP contribution is -2.17. The Labute approximate surface area is 214 Å². The number of thioether (sulfide) groups is 1. The van der Waals surface area contributed by atoms with E-state index in [1.54, 1.807) is 29.8 Å². The Morgan fingerprint density at radius 3 is 2.82 bits per heavy atom. The summed E-state index contributed by atoms with van der Waals surface area (Å²) in [5.41, 5.74) is 1.49. The van der Waals surface area contributed by atoms with Gasteiger partial charge in [-0.25, -0.2) is 4.79 Å². The third-order valence-corrected chi connectivity index (χ3v) is 8.10. The Morgan fingerprint density at radius 2 is 2.03 bits per heavy atom. The summed E-state index contributed by atoms with van der Waals surface area (Å²) in [5, 5.41) is 13.2. The van der Waals surface area contributed by atoms with Crippen LogP contribution in [0, 0.1) is 0 Å². The predicted molar refractivity (Wildman–Crippen MR) is 133 cm³/mol. The maximum absolute atomic E-state index is 12.7. The molecule has 1 amide bonds. The van der Waals surface area contributed by atoms with Crippen LogP contribution in [0.3, 0.4) is 0 Å². The van der Waals surface area contributed by atoms with Gasteiger partial charge in [0.25, 0.3) is 0 Å². The highest BCUT2D eigenvalue weighted by Gasteiger charge is 2.27. The van der Waals surface area contributed by atoms with E-state index in [0.29, 0.717) is 37.3 Å². The topological polar surface area (TPSA) is 95.3 Å². The number of nitrogens with one attached hydrogen (secondary N) is 1. The van der Waals surface area contributed by atoms with Gasteiger partial charge in [0.05, 0.1) is 23.4 Å². The maximum Gasteiger partial charge on any atom is 0.341 e. The third-order valence-electron chi connectivity index (χ3n) is 5.32. The van der Waals surface area contributed by atoms with Crippen molar-refractivity contribution in [2.45, 2.75) is 37.4 Å². The molecule has 8 nitrogen and oxygen atoms in total. The molecular formula is C22H22Cl2N4O4S2. The van der Waals surface area contributed by atoms with Crippen LogP contribution in [0.15, 0.2) is 23.4 Å². The second kappa shape index (κ2) is 11.0. The lowest BCUT2D eigenvalue weighted by molar-refractivity contribution is -0.113. The molecular weight excluding hydrogens is 519 g/mol.